The number of para-hydroxylation sites is 1. The highest BCUT2D eigenvalue weighted by Gasteiger charge is 2.33. The van der Waals surface area contributed by atoms with Crippen LogP contribution in [0.1, 0.15) is 27.7 Å². The van der Waals surface area contributed by atoms with Crippen LogP contribution in [0.5, 0.6) is 5.75 Å². The van der Waals surface area contributed by atoms with Gasteiger partial charge >= 0.3 is 12.7 Å². The standard InChI is InChI=1S/C17H26N3O6PS/c1-11(2)25-17(23)12(3)20-27(24,26-14-8-6-5-7-9-14)28-10-15(16(18)22)19-13(4)21/h5-9,11-12,15H,10H2,1-4H3,(H2,18,22)(H,19,21)(H,20,24)/t12-,15-,27?/m0/s1. The molecule has 11 heteroatoms. The number of hydrogen-bond acceptors (Lipinski definition) is 7. The lowest BCUT2D eigenvalue weighted by atomic mass is 10.3. The van der Waals surface area contributed by atoms with E-state index < -0.39 is 36.6 Å². The van der Waals surface area contributed by atoms with Gasteiger partial charge in [0.15, 0.2) is 0 Å². The summed E-state index contributed by atoms with van der Waals surface area (Å²) in [5, 5.41) is 5.04. The SMILES string of the molecule is CC(=O)N[C@@H](CSP(=O)(N[C@@H](C)C(=O)OC(C)C)Oc1ccccc1)C(N)=O. The third-order valence-electron chi connectivity index (χ3n) is 3.16. The first-order chi connectivity index (χ1) is 13.0. The Morgan fingerprint density at radius 1 is 1.18 bits per heavy atom. The van der Waals surface area contributed by atoms with Crippen LogP contribution in [0.25, 0.3) is 0 Å². The molecule has 0 aliphatic carbocycles. The normalized spacial score (nSPS) is 15.2. The van der Waals surface area contributed by atoms with Crippen molar-refractivity contribution in [3.63, 3.8) is 0 Å². The average molecular weight is 431 g/mol. The Hall–Kier alpha value is -2.03. The van der Waals surface area contributed by atoms with Crippen LogP contribution in [0.4, 0.5) is 0 Å². The Morgan fingerprint density at radius 3 is 2.29 bits per heavy atom. The van der Waals surface area contributed by atoms with Gasteiger partial charge in [0.1, 0.15) is 17.8 Å². The van der Waals surface area contributed by atoms with E-state index in [9.17, 15) is 18.9 Å². The minimum absolute atomic E-state index is 0.113. The van der Waals surface area contributed by atoms with Crippen LogP contribution in [-0.4, -0.2) is 41.7 Å². The van der Waals surface area contributed by atoms with E-state index in [1.807, 2.05) is 0 Å². The lowest BCUT2D eigenvalue weighted by Gasteiger charge is -2.24. The van der Waals surface area contributed by atoms with Gasteiger partial charge in [-0.3, -0.25) is 14.4 Å². The maximum absolute atomic E-state index is 13.4. The number of amides is 2. The molecule has 0 fully saturated rings. The van der Waals surface area contributed by atoms with E-state index in [1.165, 1.54) is 13.8 Å². The van der Waals surface area contributed by atoms with Gasteiger partial charge in [-0.1, -0.05) is 18.2 Å². The van der Waals surface area contributed by atoms with Gasteiger partial charge in [0.2, 0.25) is 11.8 Å². The summed E-state index contributed by atoms with van der Waals surface area (Å²) in [6.45, 7) is 2.40. The lowest BCUT2D eigenvalue weighted by Crippen LogP contribution is -2.45. The molecule has 9 nitrogen and oxygen atoms in total. The van der Waals surface area contributed by atoms with Gasteiger partial charge in [0.25, 0.3) is 0 Å². The number of esters is 1. The zero-order valence-corrected chi connectivity index (χ0v) is 17.9. The van der Waals surface area contributed by atoms with E-state index in [2.05, 4.69) is 10.4 Å². The molecule has 0 aliphatic heterocycles. The van der Waals surface area contributed by atoms with E-state index in [4.69, 9.17) is 15.0 Å². The largest absolute Gasteiger partial charge is 0.462 e. The number of nitrogens with one attached hydrogen (secondary N) is 2. The number of primary amides is 1. The zero-order chi connectivity index (χ0) is 21.3. The summed E-state index contributed by atoms with van der Waals surface area (Å²) in [7, 11) is 0. The van der Waals surface area contributed by atoms with E-state index in [0.717, 1.165) is 11.4 Å². The molecule has 0 aliphatic rings. The average Bonchev–Trinajstić information content (AvgIpc) is 2.58. The Bertz CT molecular complexity index is 731. The maximum atomic E-state index is 13.4. The van der Waals surface area contributed by atoms with Crippen molar-refractivity contribution in [1.82, 2.24) is 10.4 Å². The number of ether oxygens (including phenoxy) is 1. The molecule has 0 saturated carbocycles. The second kappa shape index (κ2) is 11.1. The molecule has 1 rings (SSSR count). The van der Waals surface area contributed by atoms with Crippen molar-refractivity contribution in [2.45, 2.75) is 45.9 Å². The molecule has 1 aromatic carbocycles. The fourth-order valence-electron chi connectivity index (χ4n) is 1.95. The van der Waals surface area contributed by atoms with Gasteiger partial charge in [-0.25, -0.2) is 9.65 Å². The topological polar surface area (TPSA) is 137 Å². The monoisotopic (exact) mass is 431 g/mol. The van der Waals surface area contributed by atoms with Crippen molar-refractivity contribution in [1.29, 1.82) is 0 Å². The summed E-state index contributed by atoms with van der Waals surface area (Å²) in [6.07, 6.45) is -0.335. The lowest BCUT2D eigenvalue weighted by molar-refractivity contribution is -0.149. The number of benzene rings is 1. The molecule has 3 atom stereocenters. The highest BCUT2D eigenvalue weighted by Crippen LogP contribution is 2.56. The smallest absolute Gasteiger partial charge is 0.375 e. The third kappa shape index (κ3) is 8.77. The molecule has 0 saturated heterocycles. The van der Waals surface area contributed by atoms with E-state index in [-0.39, 0.29) is 11.9 Å². The second-order valence-electron chi connectivity index (χ2n) is 6.19. The summed E-state index contributed by atoms with van der Waals surface area (Å²) in [5.74, 6) is -1.63. The molecular formula is C17H26N3O6PS. The molecule has 156 valence electrons. The minimum atomic E-state index is -3.72. The quantitative estimate of drug-likeness (QED) is 0.356. The van der Waals surface area contributed by atoms with Crippen LogP contribution < -0.4 is 20.7 Å². The molecular weight excluding hydrogens is 405 g/mol. The van der Waals surface area contributed by atoms with Crippen LogP contribution in [0.3, 0.4) is 0 Å². The van der Waals surface area contributed by atoms with E-state index in [1.54, 1.807) is 44.2 Å². The fourth-order valence-corrected chi connectivity index (χ4v) is 5.85. The fraction of sp³-hybridized carbons (Fsp3) is 0.471. The van der Waals surface area contributed by atoms with Crippen LogP contribution in [-0.2, 0) is 23.7 Å². The molecule has 2 amide bonds. The summed E-state index contributed by atoms with van der Waals surface area (Å²) in [5.41, 5.74) is 5.28. The molecule has 1 unspecified atom stereocenters. The molecule has 0 spiro atoms. The van der Waals surface area contributed by atoms with Crippen molar-refractivity contribution < 1.29 is 28.2 Å². The van der Waals surface area contributed by atoms with Crippen molar-refractivity contribution in [2.75, 3.05) is 5.75 Å². The first kappa shape index (κ1) is 24.0. The van der Waals surface area contributed by atoms with E-state index in [0.29, 0.717) is 5.75 Å². The van der Waals surface area contributed by atoms with Crippen LogP contribution in [0.2, 0.25) is 0 Å². The van der Waals surface area contributed by atoms with Crippen LogP contribution >= 0.6 is 18.1 Å². The first-order valence-electron chi connectivity index (χ1n) is 8.56. The van der Waals surface area contributed by atoms with Gasteiger partial charge < -0.3 is 20.3 Å². The third-order valence-corrected chi connectivity index (χ3v) is 7.14. The second-order valence-corrected chi connectivity index (χ2v) is 10.4. The predicted molar refractivity (Wildman–Crippen MR) is 108 cm³/mol. The molecule has 0 radical (unpaired) electrons. The summed E-state index contributed by atoms with van der Waals surface area (Å²) < 4.78 is 24.1. The molecule has 4 N–H and O–H groups in total. The molecule has 1 aromatic rings. The highest BCUT2D eigenvalue weighted by atomic mass is 32.7. The molecule has 28 heavy (non-hydrogen) atoms. The molecule has 0 bridgehead atoms. The van der Waals surface area contributed by atoms with Gasteiger partial charge in [-0.05, 0) is 44.3 Å². The van der Waals surface area contributed by atoms with E-state index >= 15 is 0 Å². The highest BCUT2D eigenvalue weighted by molar-refractivity contribution is 8.56. The number of rotatable bonds is 11. The Balaban J connectivity index is 2.96. The van der Waals surface area contributed by atoms with Crippen LogP contribution in [0, 0.1) is 0 Å². The number of hydrogen-bond donors (Lipinski definition) is 3. The van der Waals surface area contributed by atoms with Crippen molar-refractivity contribution in [3.05, 3.63) is 30.3 Å². The number of carbonyl (C=O) groups is 3. The van der Waals surface area contributed by atoms with Crippen molar-refractivity contribution in [2.24, 2.45) is 5.73 Å². The predicted octanol–water partition coefficient (Wildman–Crippen LogP) is 1.83. The van der Waals surface area contributed by atoms with Gasteiger partial charge in [-0.15, -0.1) is 0 Å². The van der Waals surface area contributed by atoms with Gasteiger partial charge in [-0.2, -0.15) is 0 Å². The van der Waals surface area contributed by atoms with Gasteiger partial charge in [0, 0.05) is 12.7 Å². The minimum Gasteiger partial charge on any atom is -0.462 e. The summed E-state index contributed by atoms with van der Waals surface area (Å²) in [4.78, 5) is 34.8. The maximum Gasteiger partial charge on any atom is 0.375 e. The van der Waals surface area contributed by atoms with Crippen LogP contribution in [0.15, 0.2) is 30.3 Å². The Labute approximate surface area is 168 Å². The number of carbonyl (C=O) groups excluding carboxylic acids is 3. The summed E-state index contributed by atoms with van der Waals surface area (Å²) in [6, 6.07) is 6.39. The first-order valence-corrected chi connectivity index (χ1v) is 11.8. The van der Waals surface area contributed by atoms with Gasteiger partial charge in [0.05, 0.1) is 6.10 Å². The zero-order valence-electron chi connectivity index (χ0n) is 16.2. The molecule has 0 aromatic heterocycles. The molecule has 0 heterocycles. The Morgan fingerprint density at radius 2 is 1.79 bits per heavy atom. The Kier molecular flexibility index (Phi) is 9.51. The number of nitrogens with two attached hydrogens (primary N) is 1. The van der Waals surface area contributed by atoms with Crippen molar-refractivity contribution >= 4 is 35.9 Å². The summed E-state index contributed by atoms with van der Waals surface area (Å²) >= 11 is 0.761. The van der Waals surface area contributed by atoms with Crippen molar-refractivity contribution in [3.8, 4) is 5.75 Å².